The number of aromatic nitrogens is 3. The molecule has 1 aromatic rings. The number of nitrogens with zero attached hydrogens (tertiary/aromatic N) is 4. The van der Waals surface area contributed by atoms with Crippen LogP contribution in [-0.4, -0.2) is 54.2 Å². The molecule has 0 bridgehead atoms. The van der Waals surface area contributed by atoms with Crippen molar-refractivity contribution in [1.29, 1.82) is 0 Å². The maximum Gasteiger partial charge on any atom is 0.323 e. The number of hydrogen-bond donors (Lipinski definition) is 1. The minimum absolute atomic E-state index is 0.359. The Morgan fingerprint density at radius 1 is 1.35 bits per heavy atom. The smallest absolute Gasteiger partial charge is 0.323 e. The Hall–Kier alpha value is -1.24. The molecule has 0 saturated carbocycles. The Kier molecular flexibility index (Phi) is 5.82. The van der Waals surface area contributed by atoms with Gasteiger partial charge in [0, 0.05) is 26.4 Å². The fourth-order valence-corrected chi connectivity index (χ4v) is 1.61. The summed E-state index contributed by atoms with van der Waals surface area (Å²) in [5, 5.41) is 2.90. The Morgan fingerprint density at radius 2 is 2.12 bits per heavy atom. The van der Waals surface area contributed by atoms with Crippen LogP contribution in [0.2, 0.25) is 0 Å². The van der Waals surface area contributed by atoms with Crippen LogP contribution in [0.3, 0.4) is 0 Å². The third-order valence-electron chi connectivity index (χ3n) is 2.07. The van der Waals surface area contributed by atoms with E-state index >= 15 is 0 Å². The van der Waals surface area contributed by atoms with Gasteiger partial charge in [0.15, 0.2) is 0 Å². The summed E-state index contributed by atoms with van der Waals surface area (Å²) >= 11 is 1.79. The van der Waals surface area contributed by atoms with Crippen LogP contribution in [0.15, 0.2) is 0 Å². The molecule has 1 aromatic heterocycles. The quantitative estimate of drug-likeness (QED) is 0.785. The third-order valence-corrected chi connectivity index (χ3v) is 2.66. The molecule has 6 nitrogen and oxygen atoms in total. The molecule has 0 saturated heterocycles. The molecular weight excluding hydrogens is 238 g/mol. The van der Waals surface area contributed by atoms with Gasteiger partial charge < -0.3 is 15.0 Å². The minimum atomic E-state index is 0.359. The Morgan fingerprint density at radius 3 is 2.71 bits per heavy atom. The van der Waals surface area contributed by atoms with Gasteiger partial charge in [-0.15, -0.1) is 0 Å². The van der Waals surface area contributed by atoms with E-state index < -0.39 is 0 Å². The molecule has 0 atom stereocenters. The first-order valence-electron chi connectivity index (χ1n) is 5.48. The molecule has 0 aliphatic rings. The topological polar surface area (TPSA) is 63.2 Å². The molecule has 96 valence electrons. The Balaban J connectivity index is 2.85. The van der Waals surface area contributed by atoms with Gasteiger partial charge >= 0.3 is 6.01 Å². The summed E-state index contributed by atoms with van der Waals surface area (Å²) in [4.78, 5) is 14.7. The van der Waals surface area contributed by atoms with Crippen molar-refractivity contribution in [2.45, 2.75) is 6.92 Å². The summed E-state index contributed by atoms with van der Waals surface area (Å²) in [6.07, 6.45) is 2.08. The zero-order valence-electron chi connectivity index (χ0n) is 10.7. The number of rotatable bonds is 7. The van der Waals surface area contributed by atoms with Crippen LogP contribution in [-0.2, 0) is 0 Å². The lowest BCUT2D eigenvalue weighted by atomic mass is 10.6. The fraction of sp³-hybridized carbons (Fsp3) is 0.700. The van der Waals surface area contributed by atoms with Gasteiger partial charge in [0.05, 0.1) is 6.61 Å². The standard InChI is InChI=1S/C10H19N5OS/c1-5-16-10-13-8(11-2)12-9(14-10)15(3)6-7-17-4/h5-7H2,1-4H3,(H,11,12,13,14). The van der Waals surface area contributed by atoms with E-state index in [9.17, 15) is 0 Å². The summed E-state index contributed by atoms with van der Waals surface area (Å²) in [6.45, 7) is 3.33. The predicted octanol–water partition coefficient (Wildman–Crippen LogP) is 1.11. The number of anilines is 2. The molecule has 0 radical (unpaired) electrons. The van der Waals surface area contributed by atoms with Crippen LogP contribution in [0.5, 0.6) is 6.01 Å². The highest BCUT2D eigenvalue weighted by Gasteiger charge is 2.09. The molecule has 1 N–H and O–H groups in total. The minimum Gasteiger partial charge on any atom is -0.464 e. The van der Waals surface area contributed by atoms with Crippen molar-refractivity contribution >= 4 is 23.7 Å². The van der Waals surface area contributed by atoms with E-state index in [1.165, 1.54) is 0 Å². The number of hydrogen-bond acceptors (Lipinski definition) is 7. The summed E-state index contributed by atoms with van der Waals surface area (Å²) in [7, 11) is 3.73. The second-order valence-corrected chi connectivity index (χ2v) is 4.32. The zero-order valence-corrected chi connectivity index (χ0v) is 11.5. The normalized spacial score (nSPS) is 10.1. The second kappa shape index (κ2) is 7.16. The van der Waals surface area contributed by atoms with E-state index in [0.717, 1.165) is 12.3 Å². The summed E-state index contributed by atoms with van der Waals surface area (Å²) < 4.78 is 5.31. The lowest BCUT2D eigenvalue weighted by Crippen LogP contribution is -2.23. The average molecular weight is 257 g/mol. The predicted molar refractivity (Wildman–Crippen MR) is 72.2 cm³/mol. The first kappa shape index (κ1) is 13.8. The monoisotopic (exact) mass is 257 g/mol. The molecule has 17 heavy (non-hydrogen) atoms. The van der Waals surface area contributed by atoms with Crippen molar-refractivity contribution in [3.05, 3.63) is 0 Å². The van der Waals surface area contributed by atoms with Crippen molar-refractivity contribution in [2.75, 3.05) is 49.5 Å². The van der Waals surface area contributed by atoms with Crippen LogP contribution in [0, 0.1) is 0 Å². The lowest BCUT2D eigenvalue weighted by Gasteiger charge is -2.17. The third kappa shape index (κ3) is 4.26. The van der Waals surface area contributed by atoms with Crippen LogP contribution < -0.4 is 15.0 Å². The Labute approximate surface area is 106 Å². The van der Waals surface area contributed by atoms with E-state index in [0.29, 0.717) is 24.5 Å². The van der Waals surface area contributed by atoms with E-state index in [2.05, 4.69) is 26.5 Å². The van der Waals surface area contributed by atoms with Crippen molar-refractivity contribution in [3.8, 4) is 6.01 Å². The molecule has 7 heteroatoms. The van der Waals surface area contributed by atoms with Gasteiger partial charge in [-0.1, -0.05) is 0 Å². The lowest BCUT2D eigenvalue weighted by molar-refractivity contribution is 0.312. The van der Waals surface area contributed by atoms with Crippen LogP contribution >= 0.6 is 11.8 Å². The molecule has 0 aromatic carbocycles. The number of thioether (sulfide) groups is 1. The van der Waals surface area contributed by atoms with Crippen molar-refractivity contribution < 1.29 is 4.74 Å². The molecule has 0 fully saturated rings. The number of nitrogens with one attached hydrogen (secondary N) is 1. The number of ether oxygens (including phenoxy) is 1. The molecule has 0 unspecified atom stereocenters. The molecule has 0 aliphatic carbocycles. The first-order chi connectivity index (χ1) is 8.21. The van der Waals surface area contributed by atoms with Gasteiger partial charge in [-0.25, -0.2) is 0 Å². The van der Waals surface area contributed by atoms with E-state index in [1.54, 1.807) is 18.8 Å². The first-order valence-corrected chi connectivity index (χ1v) is 6.87. The molecular formula is C10H19N5OS. The van der Waals surface area contributed by atoms with Gasteiger partial charge in [0.1, 0.15) is 0 Å². The van der Waals surface area contributed by atoms with Gasteiger partial charge in [-0.3, -0.25) is 0 Å². The van der Waals surface area contributed by atoms with Crippen molar-refractivity contribution in [2.24, 2.45) is 0 Å². The maximum absolute atomic E-state index is 5.31. The van der Waals surface area contributed by atoms with Gasteiger partial charge in [-0.2, -0.15) is 26.7 Å². The second-order valence-electron chi connectivity index (χ2n) is 3.34. The largest absolute Gasteiger partial charge is 0.464 e. The molecule has 1 rings (SSSR count). The van der Waals surface area contributed by atoms with Crippen molar-refractivity contribution in [1.82, 2.24) is 15.0 Å². The summed E-state index contributed by atoms with van der Waals surface area (Å²) in [5.74, 6) is 2.18. The van der Waals surface area contributed by atoms with Gasteiger partial charge in [-0.05, 0) is 13.2 Å². The fourth-order valence-electron chi connectivity index (χ4n) is 1.15. The maximum atomic E-state index is 5.31. The highest BCUT2D eigenvalue weighted by molar-refractivity contribution is 7.98. The highest BCUT2D eigenvalue weighted by atomic mass is 32.2. The van der Waals surface area contributed by atoms with E-state index in [1.807, 2.05) is 18.9 Å². The molecule has 1 heterocycles. The van der Waals surface area contributed by atoms with Crippen LogP contribution in [0.1, 0.15) is 6.92 Å². The summed E-state index contributed by atoms with van der Waals surface area (Å²) in [6, 6.07) is 0.359. The van der Waals surface area contributed by atoms with E-state index in [4.69, 9.17) is 4.74 Å². The zero-order chi connectivity index (χ0) is 12.7. The average Bonchev–Trinajstić information content (AvgIpc) is 2.35. The van der Waals surface area contributed by atoms with E-state index in [-0.39, 0.29) is 0 Å². The molecule has 0 amide bonds. The van der Waals surface area contributed by atoms with Crippen LogP contribution in [0.4, 0.5) is 11.9 Å². The van der Waals surface area contributed by atoms with Crippen molar-refractivity contribution in [3.63, 3.8) is 0 Å². The van der Waals surface area contributed by atoms with Crippen LogP contribution in [0.25, 0.3) is 0 Å². The molecule has 0 aliphatic heterocycles. The highest BCUT2D eigenvalue weighted by Crippen LogP contribution is 2.13. The summed E-state index contributed by atoms with van der Waals surface area (Å²) in [5.41, 5.74) is 0. The molecule has 0 spiro atoms. The van der Waals surface area contributed by atoms with Gasteiger partial charge in [0.25, 0.3) is 0 Å². The Bertz CT molecular complexity index is 349. The van der Waals surface area contributed by atoms with Gasteiger partial charge in [0.2, 0.25) is 11.9 Å². The SMILES string of the molecule is CCOc1nc(NC)nc(N(C)CCSC)n1.